The molecule has 0 radical (unpaired) electrons. The van der Waals surface area contributed by atoms with Gasteiger partial charge in [-0.3, -0.25) is 4.79 Å². The topological polar surface area (TPSA) is 42.1 Å². The number of carbonyl (C=O) groups excluding carboxylic acids is 1. The van der Waals surface area contributed by atoms with Crippen LogP contribution in [0.1, 0.15) is 36.4 Å². The standard InChI is InChI=1S/C16H19NO2S/c1-19-14(18)9-10-5-3-6-11-12-7-4-8-13(20-2)16(12)17-15(10)11/h4,7-8,10,17H,3,5-6,9H2,1-2H3/t10-/m1/s1. The zero-order chi connectivity index (χ0) is 14.1. The van der Waals surface area contributed by atoms with Gasteiger partial charge in [-0.05, 0) is 37.1 Å². The maximum Gasteiger partial charge on any atom is 0.306 e. The van der Waals surface area contributed by atoms with Crippen molar-refractivity contribution in [2.45, 2.75) is 36.5 Å². The minimum Gasteiger partial charge on any atom is -0.469 e. The van der Waals surface area contributed by atoms with Gasteiger partial charge in [0, 0.05) is 21.9 Å². The van der Waals surface area contributed by atoms with Crippen molar-refractivity contribution in [2.24, 2.45) is 0 Å². The number of thioether (sulfide) groups is 1. The van der Waals surface area contributed by atoms with E-state index in [1.165, 1.54) is 34.2 Å². The molecule has 1 aromatic heterocycles. The Bertz CT molecular complexity index is 647. The van der Waals surface area contributed by atoms with Crippen LogP contribution in [0.2, 0.25) is 0 Å². The number of aryl methyl sites for hydroxylation is 1. The number of ether oxygens (including phenoxy) is 1. The van der Waals surface area contributed by atoms with E-state index in [4.69, 9.17) is 4.74 Å². The monoisotopic (exact) mass is 289 g/mol. The lowest BCUT2D eigenvalue weighted by Crippen LogP contribution is -2.14. The summed E-state index contributed by atoms with van der Waals surface area (Å²) < 4.78 is 4.83. The molecule has 1 aliphatic carbocycles. The van der Waals surface area contributed by atoms with Crippen LogP contribution in [-0.4, -0.2) is 24.3 Å². The molecule has 1 atom stereocenters. The van der Waals surface area contributed by atoms with Crippen molar-refractivity contribution in [3.8, 4) is 0 Å². The zero-order valence-corrected chi connectivity index (χ0v) is 12.7. The van der Waals surface area contributed by atoms with Crippen molar-refractivity contribution >= 4 is 28.6 Å². The largest absolute Gasteiger partial charge is 0.469 e. The fourth-order valence-electron chi connectivity index (χ4n) is 3.21. The van der Waals surface area contributed by atoms with Gasteiger partial charge in [-0.25, -0.2) is 0 Å². The highest BCUT2D eigenvalue weighted by molar-refractivity contribution is 7.98. The molecule has 0 spiro atoms. The third kappa shape index (κ3) is 2.22. The third-order valence-corrected chi connectivity index (χ3v) is 4.96. The van der Waals surface area contributed by atoms with Crippen molar-refractivity contribution in [1.82, 2.24) is 4.98 Å². The van der Waals surface area contributed by atoms with Crippen LogP contribution in [0.25, 0.3) is 10.9 Å². The van der Waals surface area contributed by atoms with Crippen LogP contribution in [-0.2, 0) is 16.0 Å². The van der Waals surface area contributed by atoms with Crippen LogP contribution in [0.15, 0.2) is 23.1 Å². The molecule has 0 amide bonds. The van der Waals surface area contributed by atoms with Crippen molar-refractivity contribution in [1.29, 1.82) is 0 Å². The predicted molar refractivity (Wildman–Crippen MR) is 82.4 cm³/mol. The number of esters is 1. The van der Waals surface area contributed by atoms with Gasteiger partial charge >= 0.3 is 5.97 Å². The maximum atomic E-state index is 11.6. The van der Waals surface area contributed by atoms with Gasteiger partial charge in [-0.15, -0.1) is 11.8 Å². The predicted octanol–water partition coefficient (Wildman–Crippen LogP) is 3.87. The maximum absolute atomic E-state index is 11.6. The number of aromatic nitrogens is 1. The number of benzene rings is 1. The molecule has 20 heavy (non-hydrogen) atoms. The van der Waals surface area contributed by atoms with E-state index < -0.39 is 0 Å². The molecule has 0 fully saturated rings. The fourth-order valence-corrected chi connectivity index (χ4v) is 3.79. The van der Waals surface area contributed by atoms with E-state index in [0.29, 0.717) is 6.42 Å². The normalized spacial score (nSPS) is 18.0. The number of hydrogen-bond acceptors (Lipinski definition) is 3. The Labute approximate surface area is 123 Å². The number of rotatable bonds is 3. The Hall–Kier alpha value is -1.42. The van der Waals surface area contributed by atoms with E-state index >= 15 is 0 Å². The third-order valence-electron chi connectivity index (χ3n) is 4.18. The van der Waals surface area contributed by atoms with Crippen molar-refractivity contribution in [2.75, 3.05) is 13.4 Å². The van der Waals surface area contributed by atoms with E-state index in [0.717, 1.165) is 19.3 Å². The van der Waals surface area contributed by atoms with Gasteiger partial charge in [-0.1, -0.05) is 12.1 Å². The molecule has 0 saturated heterocycles. The molecule has 1 heterocycles. The summed E-state index contributed by atoms with van der Waals surface area (Å²) in [5, 5.41) is 1.32. The molecule has 1 aliphatic rings. The molecule has 0 aliphatic heterocycles. The van der Waals surface area contributed by atoms with E-state index in [1.807, 2.05) is 0 Å². The average Bonchev–Trinajstić information content (AvgIpc) is 2.87. The first-order chi connectivity index (χ1) is 9.74. The summed E-state index contributed by atoms with van der Waals surface area (Å²) in [4.78, 5) is 16.4. The second-order valence-electron chi connectivity index (χ2n) is 5.27. The molecule has 3 nitrogen and oxygen atoms in total. The van der Waals surface area contributed by atoms with E-state index in [-0.39, 0.29) is 11.9 Å². The van der Waals surface area contributed by atoms with Gasteiger partial charge in [0.1, 0.15) is 0 Å². The lowest BCUT2D eigenvalue weighted by molar-refractivity contribution is -0.141. The summed E-state index contributed by atoms with van der Waals surface area (Å²) in [6, 6.07) is 6.45. The Morgan fingerprint density at radius 1 is 1.50 bits per heavy atom. The average molecular weight is 289 g/mol. The lowest BCUT2D eigenvalue weighted by Gasteiger charge is -2.21. The number of H-pyrrole nitrogens is 1. The van der Waals surface area contributed by atoms with E-state index in [9.17, 15) is 4.79 Å². The van der Waals surface area contributed by atoms with E-state index in [2.05, 4.69) is 29.4 Å². The molecular formula is C16H19NO2S. The number of methoxy groups -OCH3 is 1. The first-order valence-corrected chi connectivity index (χ1v) is 8.21. The Kier molecular flexibility index (Phi) is 3.74. The number of hydrogen-bond donors (Lipinski definition) is 1. The molecule has 1 aromatic carbocycles. The van der Waals surface area contributed by atoms with Crippen LogP contribution < -0.4 is 0 Å². The number of fused-ring (bicyclic) bond motifs is 3. The molecule has 1 N–H and O–H groups in total. The van der Waals surface area contributed by atoms with Gasteiger partial charge < -0.3 is 9.72 Å². The fraction of sp³-hybridized carbons (Fsp3) is 0.438. The smallest absolute Gasteiger partial charge is 0.306 e. The Morgan fingerprint density at radius 2 is 2.35 bits per heavy atom. The number of nitrogens with one attached hydrogen (secondary N) is 1. The molecule has 3 rings (SSSR count). The van der Waals surface area contributed by atoms with Crippen molar-refractivity contribution in [3.05, 3.63) is 29.5 Å². The second-order valence-corrected chi connectivity index (χ2v) is 6.12. The number of carbonyl (C=O) groups is 1. The molecule has 0 saturated carbocycles. The van der Waals surface area contributed by atoms with Gasteiger partial charge in [0.05, 0.1) is 19.0 Å². The number of aromatic amines is 1. The highest BCUT2D eigenvalue weighted by Gasteiger charge is 2.26. The Balaban J connectivity index is 2.07. The van der Waals surface area contributed by atoms with Gasteiger partial charge in [0.15, 0.2) is 0 Å². The number of para-hydroxylation sites is 1. The summed E-state index contributed by atoms with van der Waals surface area (Å²) in [5.41, 5.74) is 3.87. The molecular weight excluding hydrogens is 270 g/mol. The molecule has 2 aromatic rings. The quantitative estimate of drug-likeness (QED) is 0.689. The minimum absolute atomic E-state index is 0.119. The summed E-state index contributed by atoms with van der Waals surface area (Å²) >= 11 is 1.76. The molecule has 4 heteroatoms. The SMILES string of the molecule is COC(=O)C[C@H]1CCCc2c1[nH]c1c(SC)cccc21. The van der Waals surface area contributed by atoms with Crippen LogP contribution in [0.5, 0.6) is 0 Å². The Morgan fingerprint density at radius 3 is 3.10 bits per heavy atom. The first kappa shape index (κ1) is 13.6. The highest BCUT2D eigenvalue weighted by Crippen LogP contribution is 2.39. The second kappa shape index (κ2) is 5.52. The minimum atomic E-state index is -0.119. The van der Waals surface area contributed by atoms with Crippen LogP contribution in [0.4, 0.5) is 0 Å². The highest BCUT2D eigenvalue weighted by atomic mass is 32.2. The van der Waals surface area contributed by atoms with Gasteiger partial charge in [0.2, 0.25) is 0 Å². The lowest BCUT2D eigenvalue weighted by atomic mass is 9.85. The van der Waals surface area contributed by atoms with Crippen LogP contribution >= 0.6 is 11.8 Å². The van der Waals surface area contributed by atoms with Crippen molar-refractivity contribution in [3.63, 3.8) is 0 Å². The van der Waals surface area contributed by atoms with Crippen molar-refractivity contribution < 1.29 is 9.53 Å². The molecule has 0 unspecified atom stereocenters. The molecule has 106 valence electrons. The van der Waals surface area contributed by atoms with Gasteiger partial charge in [-0.2, -0.15) is 0 Å². The van der Waals surface area contributed by atoms with Gasteiger partial charge in [0.25, 0.3) is 0 Å². The summed E-state index contributed by atoms with van der Waals surface area (Å²) in [7, 11) is 1.46. The zero-order valence-electron chi connectivity index (χ0n) is 11.9. The van der Waals surface area contributed by atoms with Crippen LogP contribution in [0.3, 0.4) is 0 Å². The van der Waals surface area contributed by atoms with E-state index in [1.54, 1.807) is 11.8 Å². The summed E-state index contributed by atoms with van der Waals surface area (Å²) in [6.45, 7) is 0. The summed E-state index contributed by atoms with van der Waals surface area (Å²) in [6.07, 6.45) is 5.88. The molecule has 0 bridgehead atoms. The summed E-state index contributed by atoms with van der Waals surface area (Å²) in [5.74, 6) is 0.153. The first-order valence-electron chi connectivity index (χ1n) is 6.99. The van der Waals surface area contributed by atoms with Crippen LogP contribution in [0, 0.1) is 0 Å².